The summed E-state index contributed by atoms with van der Waals surface area (Å²) >= 11 is 6.15. The Bertz CT molecular complexity index is 815. The number of pyridine rings is 1. The number of nitrogens with zero attached hydrogens (tertiary/aromatic N) is 1. The van der Waals surface area contributed by atoms with Crippen LogP contribution < -0.4 is 10.7 Å². The van der Waals surface area contributed by atoms with Gasteiger partial charge in [0.1, 0.15) is 5.56 Å². The molecule has 0 radical (unpaired) electrons. The number of nitrogens with one attached hydrogen (secondary N) is 1. The van der Waals surface area contributed by atoms with Crippen LogP contribution in [0.4, 0.5) is 0 Å². The Hall–Kier alpha value is -1.85. The smallest absolute Gasteiger partial charge is 0.257 e. The number of aliphatic hydroxyl groups excluding tert-OH is 1. The van der Waals surface area contributed by atoms with Gasteiger partial charge in [0.15, 0.2) is 0 Å². The van der Waals surface area contributed by atoms with Gasteiger partial charge in [-0.15, -0.1) is 0 Å². The molecule has 2 aromatic rings. The molecule has 3 rings (SSSR count). The second-order valence-corrected chi connectivity index (χ2v) is 6.46. The third-order valence-electron chi connectivity index (χ3n) is 4.44. The van der Waals surface area contributed by atoms with Crippen molar-refractivity contribution in [3.8, 4) is 0 Å². The molecule has 1 heterocycles. The van der Waals surface area contributed by atoms with Crippen LogP contribution in [-0.2, 0) is 7.05 Å². The summed E-state index contributed by atoms with van der Waals surface area (Å²) < 4.78 is 1.69. The Labute approximate surface area is 138 Å². The van der Waals surface area contributed by atoms with Crippen molar-refractivity contribution in [3.05, 3.63) is 45.2 Å². The topological polar surface area (TPSA) is 71.3 Å². The molecule has 0 aliphatic heterocycles. The molecule has 1 fully saturated rings. The Balaban J connectivity index is 1.98. The van der Waals surface area contributed by atoms with Crippen molar-refractivity contribution in [2.75, 3.05) is 0 Å². The van der Waals surface area contributed by atoms with Crippen LogP contribution in [0.5, 0.6) is 0 Å². The van der Waals surface area contributed by atoms with E-state index in [1.54, 1.807) is 29.8 Å². The normalized spacial score (nSPS) is 21.3. The zero-order chi connectivity index (χ0) is 16.6. The number of carbonyl (C=O) groups is 1. The minimum Gasteiger partial charge on any atom is -0.391 e. The van der Waals surface area contributed by atoms with Crippen LogP contribution in [0.15, 0.2) is 29.2 Å². The maximum Gasteiger partial charge on any atom is 0.257 e. The number of rotatable bonds is 2. The minimum atomic E-state index is -0.550. The van der Waals surface area contributed by atoms with Crippen molar-refractivity contribution >= 4 is 28.4 Å². The number of aliphatic hydroxyl groups is 1. The average Bonchev–Trinajstić information content (AvgIpc) is 2.52. The van der Waals surface area contributed by atoms with E-state index in [4.69, 9.17) is 11.6 Å². The van der Waals surface area contributed by atoms with Gasteiger partial charge in [0.2, 0.25) is 5.43 Å². The molecule has 1 saturated carbocycles. The third kappa shape index (κ3) is 2.99. The molecule has 2 atom stereocenters. The number of aromatic nitrogens is 1. The van der Waals surface area contributed by atoms with E-state index in [0.717, 1.165) is 19.3 Å². The summed E-state index contributed by atoms with van der Waals surface area (Å²) in [5, 5.41) is 13.7. The van der Waals surface area contributed by atoms with E-state index in [9.17, 15) is 14.7 Å². The lowest BCUT2D eigenvalue weighted by Gasteiger charge is -2.28. The summed E-state index contributed by atoms with van der Waals surface area (Å²) in [7, 11) is 1.75. The molecule has 2 N–H and O–H groups in total. The van der Waals surface area contributed by atoms with Gasteiger partial charge >= 0.3 is 0 Å². The summed E-state index contributed by atoms with van der Waals surface area (Å²) in [5.41, 5.74) is 0.330. The Morgan fingerprint density at radius 2 is 2.09 bits per heavy atom. The number of aryl methyl sites for hydroxylation is 1. The van der Waals surface area contributed by atoms with E-state index in [-0.39, 0.29) is 17.0 Å². The maximum atomic E-state index is 12.6. The molecular weight excluding hydrogens is 316 g/mol. The van der Waals surface area contributed by atoms with E-state index in [0.29, 0.717) is 22.3 Å². The summed E-state index contributed by atoms with van der Waals surface area (Å²) in [6.45, 7) is 0. The third-order valence-corrected chi connectivity index (χ3v) is 4.75. The van der Waals surface area contributed by atoms with Gasteiger partial charge in [-0.05, 0) is 25.0 Å². The zero-order valence-electron chi connectivity index (χ0n) is 12.9. The summed E-state index contributed by atoms with van der Waals surface area (Å²) in [6, 6.07) is 4.77. The fraction of sp³-hybridized carbons (Fsp3) is 0.412. The highest BCUT2D eigenvalue weighted by Crippen LogP contribution is 2.22. The SMILES string of the molecule is Cn1cc(C(=O)NC2CCCC[C@@H]2O)c(=O)c2cccc(Cl)c21. The van der Waals surface area contributed by atoms with Crippen molar-refractivity contribution in [3.63, 3.8) is 0 Å². The second-order valence-electron chi connectivity index (χ2n) is 6.05. The number of amides is 1. The van der Waals surface area contributed by atoms with E-state index in [1.807, 2.05) is 0 Å². The highest BCUT2D eigenvalue weighted by molar-refractivity contribution is 6.35. The van der Waals surface area contributed by atoms with E-state index >= 15 is 0 Å². The van der Waals surface area contributed by atoms with Gasteiger partial charge in [-0.2, -0.15) is 0 Å². The zero-order valence-corrected chi connectivity index (χ0v) is 13.6. The lowest BCUT2D eigenvalue weighted by molar-refractivity contribution is 0.0716. The largest absolute Gasteiger partial charge is 0.391 e. The molecule has 0 spiro atoms. The van der Waals surface area contributed by atoms with Gasteiger partial charge in [-0.3, -0.25) is 9.59 Å². The van der Waals surface area contributed by atoms with Gasteiger partial charge in [-0.25, -0.2) is 0 Å². The van der Waals surface area contributed by atoms with E-state index in [2.05, 4.69) is 5.32 Å². The molecule has 23 heavy (non-hydrogen) atoms. The van der Waals surface area contributed by atoms with Gasteiger partial charge in [0.05, 0.1) is 22.7 Å². The molecular formula is C17H19ClN2O3. The summed E-state index contributed by atoms with van der Waals surface area (Å²) in [5.74, 6) is -0.446. The summed E-state index contributed by atoms with van der Waals surface area (Å²) in [4.78, 5) is 25.1. The van der Waals surface area contributed by atoms with Crippen molar-refractivity contribution in [2.24, 2.45) is 7.05 Å². The van der Waals surface area contributed by atoms with Gasteiger partial charge in [0.25, 0.3) is 5.91 Å². The van der Waals surface area contributed by atoms with Crippen LogP contribution in [0.1, 0.15) is 36.0 Å². The van der Waals surface area contributed by atoms with Crippen LogP contribution in [0.25, 0.3) is 10.9 Å². The molecule has 1 aliphatic carbocycles. The van der Waals surface area contributed by atoms with Crippen LogP contribution in [0.2, 0.25) is 5.02 Å². The monoisotopic (exact) mass is 334 g/mol. The number of benzene rings is 1. The summed E-state index contributed by atoms with van der Waals surface area (Å²) in [6.07, 6.45) is 4.28. The molecule has 1 unspecified atom stereocenters. The van der Waals surface area contributed by atoms with Crippen molar-refractivity contribution in [1.82, 2.24) is 9.88 Å². The fourth-order valence-corrected chi connectivity index (χ4v) is 3.51. The number of hydrogen-bond acceptors (Lipinski definition) is 3. The predicted octanol–water partition coefficient (Wildman–Crippen LogP) is 2.23. The minimum absolute atomic E-state index is 0.0695. The Morgan fingerprint density at radius 1 is 1.35 bits per heavy atom. The molecule has 122 valence electrons. The Morgan fingerprint density at radius 3 is 2.83 bits per heavy atom. The molecule has 1 aromatic carbocycles. The van der Waals surface area contributed by atoms with Gasteiger partial charge in [0, 0.05) is 18.6 Å². The number of carbonyl (C=O) groups excluding carboxylic acids is 1. The van der Waals surface area contributed by atoms with Crippen molar-refractivity contribution < 1.29 is 9.90 Å². The Kier molecular flexibility index (Phi) is 4.41. The molecule has 1 amide bonds. The molecule has 1 aromatic heterocycles. The first kappa shape index (κ1) is 16.0. The van der Waals surface area contributed by atoms with Crippen LogP contribution in [-0.4, -0.2) is 27.7 Å². The van der Waals surface area contributed by atoms with Crippen LogP contribution >= 0.6 is 11.6 Å². The van der Waals surface area contributed by atoms with Crippen molar-refractivity contribution in [1.29, 1.82) is 0 Å². The molecule has 0 bridgehead atoms. The number of halogens is 1. The maximum absolute atomic E-state index is 12.6. The first-order valence-corrected chi connectivity index (χ1v) is 8.13. The highest BCUT2D eigenvalue weighted by atomic mass is 35.5. The predicted molar refractivity (Wildman–Crippen MR) is 89.9 cm³/mol. The molecule has 1 aliphatic rings. The quantitative estimate of drug-likeness (QED) is 0.884. The lowest BCUT2D eigenvalue weighted by Crippen LogP contribution is -2.46. The molecule has 0 saturated heterocycles. The number of hydrogen-bond donors (Lipinski definition) is 2. The molecule has 5 nitrogen and oxygen atoms in total. The van der Waals surface area contributed by atoms with Gasteiger partial charge in [-0.1, -0.05) is 30.5 Å². The van der Waals surface area contributed by atoms with Crippen LogP contribution in [0.3, 0.4) is 0 Å². The van der Waals surface area contributed by atoms with Gasteiger partial charge < -0.3 is 15.0 Å². The highest BCUT2D eigenvalue weighted by Gasteiger charge is 2.26. The lowest BCUT2D eigenvalue weighted by atomic mass is 9.92. The van der Waals surface area contributed by atoms with E-state index in [1.165, 1.54) is 6.20 Å². The van der Waals surface area contributed by atoms with Crippen LogP contribution in [0, 0.1) is 0 Å². The van der Waals surface area contributed by atoms with Crippen molar-refractivity contribution in [2.45, 2.75) is 37.8 Å². The fourth-order valence-electron chi connectivity index (χ4n) is 3.21. The first-order valence-electron chi connectivity index (χ1n) is 7.76. The van der Waals surface area contributed by atoms with E-state index < -0.39 is 12.0 Å². The number of fused-ring (bicyclic) bond motifs is 1. The first-order chi connectivity index (χ1) is 11.0. The standard InChI is InChI=1S/C17H19ClN2O3/c1-20-9-11(16(22)10-5-4-6-12(18)15(10)20)17(23)19-13-7-2-3-8-14(13)21/h4-6,9,13-14,21H,2-3,7-8H2,1H3,(H,19,23)/t13?,14-/m0/s1. The average molecular weight is 335 g/mol. The second kappa shape index (κ2) is 6.34. The number of para-hydroxylation sites is 1. The molecule has 6 heteroatoms.